The van der Waals surface area contributed by atoms with Crippen molar-refractivity contribution in [2.24, 2.45) is 5.73 Å². The van der Waals surface area contributed by atoms with Crippen LogP contribution in [0.5, 0.6) is 0 Å². The van der Waals surface area contributed by atoms with E-state index in [0.717, 1.165) is 18.4 Å². The zero-order chi connectivity index (χ0) is 14.8. The Morgan fingerprint density at radius 2 is 2.00 bits per heavy atom. The second kappa shape index (κ2) is 5.92. The first-order chi connectivity index (χ1) is 9.46. The summed E-state index contributed by atoms with van der Waals surface area (Å²) in [7, 11) is -3.51. The van der Waals surface area contributed by atoms with Crippen LogP contribution in [0.25, 0.3) is 0 Å². The molecular formula is C14H19N3O2S. The predicted molar refractivity (Wildman–Crippen MR) is 76.2 cm³/mol. The van der Waals surface area contributed by atoms with Crippen LogP contribution >= 0.6 is 0 Å². The fraction of sp³-hybridized carbons (Fsp3) is 0.500. The van der Waals surface area contributed by atoms with Gasteiger partial charge in [-0.15, -0.1) is 0 Å². The molecule has 2 N–H and O–H groups in total. The highest BCUT2D eigenvalue weighted by Crippen LogP contribution is 2.32. The van der Waals surface area contributed by atoms with E-state index < -0.39 is 10.0 Å². The molecule has 1 aromatic rings. The number of nitrogens with zero attached hydrogens (tertiary/aromatic N) is 2. The Morgan fingerprint density at radius 3 is 2.45 bits per heavy atom. The standard InChI is InChI=1S/C14H19N3O2S/c1-11(16)12-3-7-14(8-4-12)20(18,19)17(10-2-9-15)13-5-6-13/h3-4,7-8,11,13H,2,5-6,10,16H2,1H3. The third-order valence-electron chi connectivity index (χ3n) is 3.41. The van der Waals surface area contributed by atoms with Crippen molar-refractivity contribution >= 4 is 10.0 Å². The molecule has 0 bridgehead atoms. The lowest BCUT2D eigenvalue weighted by molar-refractivity contribution is 0.411. The summed E-state index contributed by atoms with van der Waals surface area (Å²) in [5.41, 5.74) is 6.66. The van der Waals surface area contributed by atoms with Gasteiger partial charge in [0.25, 0.3) is 0 Å². The van der Waals surface area contributed by atoms with Gasteiger partial charge in [0.05, 0.1) is 11.0 Å². The van der Waals surface area contributed by atoms with Gasteiger partial charge in [-0.25, -0.2) is 8.42 Å². The highest BCUT2D eigenvalue weighted by Gasteiger charge is 2.37. The molecule has 1 atom stereocenters. The predicted octanol–water partition coefficient (Wildman–Crippen LogP) is 1.77. The molecule has 0 amide bonds. The van der Waals surface area contributed by atoms with Crippen molar-refractivity contribution in [2.75, 3.05) is 6.54 Å². The largest absolute Gasteiger partial charge is 0.324 e. The first-order valence-electron chi connectivity index (χ1n) is 6.71. The van der Waals surface area contributed by atoms with Crippen LogP contribution < -0.4 is 5.73 Å². The summed E-state index contributed by atoms with van der Waals surface area (Å²) in [6.45, 7) is 2.12. The summed E-state index contributed by atoms with van der Waals surface area (Å²) >= 11 is 0. The van der Waals surface area contributed by atoms with Gasteiger partial charge in [-0.05, 0) is 37.5 Å². The highest BCUT2D eigenvalue weighted by molar-refractivity contribution is 7.89. The maximum Gasteiger partial charge on any atom is 0.243 e. The lowest BCUT2D eigenvalue weighted by Crippen LogP contribution is -2.34. The third-order valence-corrected chi connectivity index (χ3v) is 5.38. The topological polar surface area (TPSA) is 87.2 Å². The van der Waals surface area contributed by atoms with Gasteiger partial charge in [0.1, 0.15) is 0 Å². The average Bonchev–Trinajstić information content (AvgIpc) is 3.23. The van der Waals surface area contributed by atoms with E-state index in [1.807, 2.05) is 13.0 Å². The van der Waals surface area contributed by atoms with Crippen molar-refractivity contribution in [3.63, 3.8) is 0 Å². The van der Waals surface area contributed by atoms with Crippen LogP contribution in [0.1, 0.15) is 37.8 Å². The smallest absolute Gasteiger partial charge is 0.243 e. The van der Waals surface area contributed by atoms with E-state index >= 15 is 0 Å². The molecule has 20 heavy (non-hydrogen) atoms. The van der Waals surface area contributed by atoms with Crippen LogP contribution in [0, 0.1) is 11.3 Å². The molecule has 6 heteroatoms. The molecule has 0 aromatic heterocycles. The number of nitrogens with two attached hydrogens (primary N) is 1. The number of sulfonamides is 1. The number of rotatable bonds is 6. The molecule has 1 saturated carbocycles. The zero-order valence-corrected chi connectivity index (χ0v) is 12.3. The monoisotopic (exact) mass is 293 g/mol. The maximum absolute atomic E-state index is 12.6. The quantitative estimate of drug-likeness (QED) is 0.866. The summed E-state index contributed by atoms with van der Waals surface area (Å²) in [6, 6.07) is 8.61. The van der Waals surface area contributed by atoms with Crippen molar-refractivity contribution in [1.29, 1.82) is 5.26 Å². The number of hydrogen-bond donors (Lipinski definition) is 1. The second-order valence-corrected chi connectivity index (χ2v) is 7.00. The van der Waals surface area contributed by atoms with Gasteiger partial charge in [0.15, 0.2) is 0 Å². The van der Waals surface area contributed by atoms with Crippen molar-refractivity contribution < 1.29 is 8.42 Å². The summed E-state index contributed by atoms with van der Waals surface area (Å²) in [4.78, 5) is 0.270. The van der Waals surface area contributed by atoms with Gasteiger partial charge >= 0.3 is 0 Å². The third kappa shape index (κ3) is 3.18. The van der Waals surface area contributed by atoms with E-state index in [4.69, 9.17) is 11.0 Å². The molecule has 1 aliphatic carbocycles. The molecule has 0 heterocycles. The van der Waals surface area contributed by atoms with Gasteiger partial charge in [-0.3, -0.25) is 0 Å². The van der Waals surface area contributed by atoms with Crippen LogP contribution in [0.15, 0.2) is 29.2 Å². The molecule has 0 aliphatic heterocycles. The molecule has 0 saturated heterocycles. The van der Waals surface area contributed by atoms with Crippen LogP contribution in [0.4, 0.5) is 0 Å². The Morgan fingerprint density at radius 1 is 1.40 bits per heavy atom. The van der Waals surface area contributed by atoms with Gasteiger partial charge < -0.3 is 5.73 Å². The molecule has 1 aliphatic rings. The molecule has 1 fully saturated rings. The van der Waals surface area contributed by atoms with Crippen LogP contribution in [-0.4, -0.2) is 25.3 Å². The number of nitriles is 1. The summed E-state index contributed by atoms with van der Waals surface area (Å²) < 4.78 is 26.6. The Balaban J connectivity index is 2.25. The Bertz CT molecular complexity index is 598. The summed E-state index contributed by atoms with van der Waals surface area (Å²) in [5, 5.41) is 8.67. The lowest BCUT2D eigenvalue weighted by atomic mass is 10.1. The molecule has 0 radical (unpaired) electrons. The second-order valence-electron chi connectivity index (χ2n) is 5.11. The minimum Gasteiger partial charge on any atom is -0.324 e. The van der Waals surface area contributed by atoms with E-state index in [2.05, 4.69) is 0 Å². The van der Waals surface area contributed by atoms with E-state index in [1.54, 1.807) is 24.3 Å². The molecule has 1 aromatic carbocycles. The first kappa shape index (κ1) is 15.0. The Labute approximate surface area is 120 Å². The van der Waals surface area contributed by atoms with E-state index in [0.29, 0.717) is 0 Å². The van der Waals surface area contributed by atoms with E-state index in [9.17, 15) is 8.42 Å². The SMILES string of the molecule is CC(N)c1ccc(S(=O)(=O)N(CCC#N)C2CC2)cc1. The molecule has 108 valence electrons. The van der Waals surface area contributed by atoms with E-state index in [1.165, 1.54) is 4.31 Å². The Kier molecular flexibility index (Phi) is 4.43. The molecular weight excluding hydrogens is 274 g/mol. The van der Waals surface area contributed by atoms with E-state index in [-0.39, 0.29) is 29.9 Å². The minimum absolute atomic E-state index is 0.0569. The van der Waals surface area contributed by atoms with Gasteiger partial charge in [-0.1, -0.05) is 12.1 Å². The summed E-state index contributed by atoms with van der Waals surface area (Å²) in [5.74, 6) is 0. The van der Waals surface area contributed by atoms with Crippen molar-refractivity contribution in [1.82, 2.24) is 4.31 Å². The first-order valence-corrected chi connectivity index (χ1v) is 8.15. The van der Waals surface area contributed by atoms with Crippen LogP contribution in [0.3, 0.4) is 0 Å². The molecule has 5 nitrogen and oxygen atoms in total. The van der Waals surface area contributed by atoms with Gasteiger partial charge in [0, 0.05) is 25.0 Å². The minimum atomic E-state index is -3.51. The maximum atomic E-state index is 12.6. The number of hydrogen-bond acceptors (Lipinski definition) is 4. The zero-order valence-electron chi connectivity index (χ0n) is 11.5. The normalized spacial score (nSPS) is 16.9. The van der Waals surface area contributed by atoms with Crippen LogP contribution in [0.2, 0.25) is 0 Å². The molecule has 0 spiro atoms. The molecule has 2 rings (SSSR count). The van der Waals surface area contributed by atoms with Crippen molar-refractivity contribution in [3.8, 4) is 6.07 Å². The number of benzene rings is 1. The fourth-order valence-electron chi connectivity index (χ4n) is 2.10. The fourth-order valence-corrected chi connectivity index (χ4v) is 3.79. The van der Waals surface area contributed by atoms with Gasteiger partial charge in [0.2, 0.25) is 10.0 Å². The lowest BCUT2D eigenvalue weighted by Gasteiger charge is -2.21. The highest BCUT2D eigenvalue weighted by atomic mass is 32.2. The van der Waals surface area contributed by atoms with Crippen molar-refractivity contribution in [2.45, 2.75) is 43.2 Å². The summed E-state index contributed by atoms with van der Waals surface area (Å²) in [6.07, 6.45) is 1.97. The van der Waals surface area contributed by atoms with Gasteiger partial charge in [-0.2, -0.15) is 9.57 Å². The average molecular weight is 293 g/mol. The van der Waals surface area contributed by atoms with Crippen LogP contribution in [-0.2, 0) is 10.0 Å². The van der Waals surface area contributed by atoms with Crippen molar-refractivity contribution in [3.05, 3.63) is 29.8 Å². The Hall–Kier alpha value is -1.42. The molecule has 1 unspecified atom stereocenters.